The number of rotatable bonds is 9. The number of benzene rings is 2. The molecule has 0 unspecified atom stereocenters. The zero-order chi connectivity index (χ0) is 19.9. The number of hydrogen-bond donors (Lipinski definition) is 0. The van der Waals surface area contributed by atoms with Crippen LogP contribution in [0.5, 0.6) is 11.5 Å². The van der Waals surface area contributed by atoms with E-state index in [0.717, 1.165) is 4.47 Å². The first-order chi connectivity index (χ1) is 13.6. The molecule has 0 aliphatic heterocycles. The van der Waals surface area contributed by atoms with Crippen LogP contribution in [0.4, 0.5) is 0 Å². The number of methoxy groups -OCH3 is 1. The van der Waals surface area contributed by atoms with E-state index in [9.17, 15) is 4.79 Å². The lowest BCUT2D eigenvalue weighted by atomic mass is 10.2. The zero-order valence-electron chi connectivity index (χ0n) is 15.6. The van der Waals surface area contributed by atoms with Gasteiger partial charge in [-0.2, -0.15) is 0 Å². The molecule has 8 heteroatoms. The van der Waals surface area contributed by atoms with Crippen molar-refractivity contribution in [2.45, 2.75) is 25.2 Å². The number of hydrogen-bond acceptors (Lipinski definition) is 6. The summed E-state index contributed by atoms with van der Waals surface area (Å²) >= 11 is 4.75. The molecule has 3 aromatic rings. The second kappa shape index (κ2) is 9.75. The van der Waals surface area contributed by atoms with Crippen molar-refractivity contribution < 1.29 is 14.3 Å². The van der Waals surface area contributed by atoms with Crippen molar-refractivity contribution in [1.29, 1.82) is 0 Å². The van der Waals surface area contributed by atoms with Gasteiger partial charge in [-0.25, -0.2) is 0 Å². The molecule has 28 heavy (non-hydrogen) atoms. The molecule has 1 heterocycles. The Hall–Kier alpha value is -2.32. The Morgan fingerprint density at radius 1 is 1.11 bits per heavy atom. The Bertz CT molecular complexity index is 944. The maximum absolute atomic E-state index is 12.4. The van der Waals surface area contributed by atoms with Gasteiger partial charge in [0, 0.05) is 16.6 Å². The van der Waals surface area contributed by atoms with Gasteiger partial charge in [0.1, 0.15) is 6.61 Å². The monoisotopic (exact) mass is 461 g/mol. The van der Waals surface area contributed by atoms with Gasteiger partial charge in [0.25, 0.3) is 0 Å². The summed E-state index contributed by atoms with van der Waals surface area (Å²) in [5.74, 6) is 2.37. The number of carbonyl (C=O) groups excluding carboxylic acids is 1. The normalized spacial score (nSPS) is 10.7. The molecular weight excluding hydrogens is 442 g/mol. The van der Waals surface area contributed by atoms with Crippen LogP contribution in [-0.4, -0.2) is 33.4 Å². The van der Waals surface area contributed by atoms with Crippen LogP contribution < -0.4 is 9.47 Å². The number of carbonyl (C=O) groups is 1. The van der Waals surface area contributed by atoms with Crippen molar-refractivity contribution in [2.75, 3.05) is 12.9 Å². The number of nitrogens with zero attached hydrogens (tertiary/aromatic N) is 3. The molecule has 0 saturated heterocycles. The Morgan fingerprint density at radius 3 is 2.50 bits per heavy atom. The van der Waals surface area contributed by atoms with E-state index in [1.165, 1.54) is 11.8 Å². The van der Waals surface area contributed by atoms with E-state index in [4.69, 9.17) is 9.47 Å². The van der Waals surface area contributed by atoms with Gasteiger partial charge in [-0.3, -0.25) is 4.79 Å². The lowest BCUT2D eigenvalue weighted by Gasteiger charge is -2.11. The molecule has 0 spiro atoms. The van der Waals surface area contributed by atoms with E-state index < -0.39 is 0 Å². The third-order valence-corrected chi connectivity index (χ3v) is 5.53. The summed E-state index contributed by atoms with van der Waals surface area (Å²) in [5.41, 5.74) is 0.679. The molecule has 0 aliphatic rings. The second-order valence-corrected chi connectivity index (χ2v) is 7.66. The van der Waals surface area contributed by atoms with Crippen molar-refractivity contribution in [3.63, 3.8) is 0 Å². The van der Waals surface area contributed by atoms with Crippen LogP contribution in [0.1, 0.15) is 23.1 Å². The molecule has 0 radical (unpaired) electrons. The smallest absolute Gasteiger partial charge is 0.191 e. The molecule has 2 aromatic carbocycles. The third kappa shape index (κ3) is 4.94. The van der Waals surface area contributed by atoms with E-state index in [-0.39, 0.29) is 12.4 Å². The molecule has 6 nitrogen and oxygen atoms in total. The van der Waals surface area contributed by atoms with E-state index in [1.54, 1.807) is 7.11 Å². The van der Waals surface area contributed by atoms with Crippen molar-refractivity contribution in [1.82, 2.24) is 14.8 Å². The van der Waals surface area contributed by atoms with Crippen LogP contribution >= 0.6 is 27.7 Å². The number of aromatic nitrogens is 3. The highest BCUT2D eigenvalue weighted by Crippen LogP contribution is 2.27. The lowest BCUT2D eigenvalue weighted by Crippen LogP contribution is -2.08. The minimum absolute atomic E-state index is 0.0509. The highest BCUT2D eigenvalue weighted by Gasteiger charge is 2.15. The molecule has 0 aliphatic carbocycles. The highest BCUT2D eigenvalue weighted by molar-refractivity contribution is 9.10. The average Bonchev–Trinajstić information content (AvgIpc) is 3.13. The van der Waals surface area contributed by atoms with Crippen LogP contribution in [0.15, 0.2) is 58.2 Å². The van der Waals surface area contributed by atoms with Crippen LogP contribution in [0.25, 0.3) is 0 Å². The average molecular weight is 462 g/mol. The van der Waals surface area contributed by atoms with Gasteiger partial charge < -0.3 is 14.0 Å². The number of ether oxygens (including phenoxy) is 2. The van der Waals surface area contributed by atoms with E-state index >= 15 is 0 Å². The maximum atomic E-state index is 12.4. The van der Waals surface area contributed by atoms with Gasteiger partial charge in [0.2, 0.25) is 0 Å². The van der Waals surface area contributed by atoms with E-state index in [2.05, 4.69) is 26.1 Å². The minimum Gasteiger partial charge on any atom is -0.493 e. The summed E-state index contributed by atoms with van der Waals surface area (Å²) in [4.78, 5) is 12.4. The first-order valence-electron chi connectivity index (χ1n) is 8.71. The largest absolute Gasteiger partial charge is 0.493 e. The topological polar surface area (TPSA) is 66.2 Å². The number of thioether (sulfide) groups is 1. The summed E-state index contributed by atoms with van der Waals surface area (Å²) < 4.78 is 14.0. The first-order valence-corrected chi connectivity index (χ1v) is 10.5. The Labute approximate surface area is 176 Å². The van der Waals surface area contributed by atoms with E-state index in [1.807, 2.05) is 60.0 Å². The molecule has 0 amide bonds. The van der Waals surface area contributed by atoms with Gasteiger partial charge >= 0.3 is 0 Å². The Balaban J connectivity index is 1.64. The van der Waals surface area contributed by atoms with Gasteiger partial charge in [-0.15, -0.1) is 10.2 Å². The summed E-state index contributed by atoms with van der Waals surface area (Å²) in [6.45, 7) is 2.96. The fourth-order valence-electron chi connectivity index (χ4n) is 2.58. The standard InChI is InChI=1S/C20H20BrN3O3S/c1-3-24-19(12-27-18-7-5-4-6-17(18)26-2)22-23-20(24)28-13-16(25)14-8-10-15(21)11-9-14/h4-11H,3,12-13H2,1-2H3. The number of ketones is 1. The number of halogens is 1. The zero-order valence-corrected chi connectivity index (χ0v) is 18.0. The molecular formula is C20H20BrN3O3S. The highest BCUT2D eigenvalue weighted by atomic mass is 79.9. The summed E-state index contributed by atoms with van der Waals surface area (Å²) in [6.07, 6.45) is 0. The SMILES string of the molecule is CCn1c(COc2ccccc2OC)nnc1SCC(=O)c1ccc(Br)cc1. The minimum atomic E-state index is 0.0509. The van der Waals surface area contributed by atoms with Gasteiger partial charge in [0.05, 0.1) is 12.9 Å². The predicted octanol–water partition coefficient (Wildman–Crippen LogP) is 4.62. The van der Waals surface area contributed by atoms with Crippen LogP contribution in [0.2, 0.25) is 0 Å². The quantitative estimate of drug-likeness (QED) is 0.342. The second-order valence-electron chi connectivity index (χ2n) is 5.80. The van der Waals surface area contributed by atoms with Crippen molar-refractivity contribution in [3.05, 3.63) is 64.4 Å². The molecule has 146 valence electrons. The molecule has 0 N–H and O–H groups in total. The summed E-state index contributed by atoms with van der Waals surface area (Å²) in [7, 11) is 1.61. The van der Waals surface area contributed by atoms with Crippen molar-refractivity contribution in [2.24, 2.45) is 0 Å². The molecule has 0 atom stereocenters. The molecule has 1 aromatic heterocycles. The Kier molecular flexibility index (Phi) is 7.11. The molecule has 0 saturated carbocycles. The third-order valence-electron chi connectivity index (χ3n) is 4.03. The maximum Gasteiger partial charge on any atom is 0.191 e. The Morgan fingerprint density at radius 2 is 1.82 bits per heavy atom. The number of para-hydroxylation sites is 2. The lowest BCUT2D eigenvalue weighted by molar-refractivity contribution is 0.102. The summed E-state index contributed by atoms with van der Waals surface area (Å²) in [5, 5.41) is 9.16. The van der Waals surface area contributed by atoms with E-state index in [0.29, 0.717) is 40.3 Å². The van der Waals surface area contributed by atoms with Gasteiger partial charge in [-0.05, 0) is 31.2 Å². The fourth-order valence-corrected chi connectivity index (χ4v) is 3.76. The predicted molar refractivity (Wildman–Crippen MR) is 112 cm³/mol. The summed E-state index contributed by atoms with van der Waals surface area (Å²) in [6, 6.07) is 14.8. The number of Topliss-reactive ketones (excluding diaryl/α,β-unsaturated/α-hetero) is 1. The van der Waals surface area contributed by atoms with Crippen LogP contribution in [0, 0.1) is 0 Å². The van der Waals surface area contributed by atoms with Crippen LogP contribution in [0.3, 0.4) is 0 Å². The van der Waals surface area contributed by atoms with Crippen LogP contribution in [-0.2, 0) is 13.2 Å². The molecule has 3 rings (SSSR count). The first kappa shape index (κ1) is 20.4. The van der Waals surface area contributed by atoms with Crippen molar-refractivity contribution in [3.8, 4) is 11.5 Å². The van der Waals surface area contributed by atoms with Gasteiger partial charge in [0.15, 0.2) is 28.3 Å². The van der Waals surface area contributed by atoms with Gasteiger partial charge in [-0.1, -0.05) is 52.0 Å². The van der Waals surface area contributed by atoms with Crippen molar-refractivity contribution >= 4 is 33.5 Å². The molecule has 0 fully saturated rings. The fraction of sp³-hybridized carbons (Fsp3) is 0.250. The molecule has 0 bridgehead atoms.